The maximum absolute atomic E-state index is 4.89. The van der Waals surface area contributed by atoms with Crippen molar-refractivity contribution in [3.63, 3.8) is 0 Å². The van der Waals surface area contributed by atoms with E-state index in [1.54, 1.807) is 0 Å². The second kappa shape index (κ2) is 34.2. The van der Waals surface area contributed by atoms with Gasteiger partial charge in [-0.3, -0.25) is 9.97 Å². The Balaban J connectivity index is 0.587. The van der Waals surface area contributed by atoms with E-state index in [1.807, 2.05) is 24.8 Å². The van der Waals surface area contributed by atoms with E-state index in [-0.39, 0.29) is 16.2 Å². The van der Waals surface area contributed by atoms with Crippen LogP contribution in [0.15, 0.2) is 486 Å². The third-order valence-electron chi connectivity index (χ3n) is 31.1. The summed E-state index contributed by atoms with van der Waals surface area (Å²) in [7, 11) is 0. The van der Waals surface area contributed by atoms with Gasteiger partial charge in [0.05, 0.1) is 43.9 Å². The lowest BCUT2D eigenvalue weighted by atomic mass is 9.67. The van der Waals surface area contributed by atoms with Crippen molar-refractivity contribution in [3.8, 4) is 83.8 Å². The smallest absolute Gasteiger partial charge is 0.0713 e. The summed E-state index contributed by atoms with van der Waals surface area (Å²) in [5, 5.41) is 7.33. The minimum Gasteiger partial charge on any atom is -0.311 e. The number of rotatable bonds is 17. The minimum absolute atomic E-state index is 0.0418. The largest absolute Gasteiger partial charge is 0.311 e. The van der Waals surface area contributed by atoms with Crippen molar-refractivity contribution in [2.75, 3.05) is 9.80 Å². The van der Waals surface area contributed by atoms with E-state index in [0.29, 0.717) is 0 Å². The van der Waals surface area contributed by atoms with E-state index in [2.05, 4.69) is 547 Å². The molecule has 2 aliphatic rings. The van der Waals surface area contributed by atoms with E-state index in [9.17, 15) is 0 Å². The lowest BCUT2D eigenvalue weighted by molar-refractivity contribution is 0.590. The van der Waals surface area contributed by atoms with Crippen molar-refractivity contribution in [2.24, 2.45) is 0 Å². The number of hydrogen-bond donors (Lipinski definition) is 0. The molecular weight excluding hydrogens is 1760 g/mol. The molecule has 0 atom stereocenters. The quantitative estimate of drug-likeness (QED) is 0.0911. The Morgan fingerprint density at radius 3 is 0.676 bits per heavy atom. The zero-order chi connectivity index (χ0) is 97.8. The second-order valence-electron chi connectivity index (χ2n) is 42.5. The Labute approximate surface area is 847 Å². The van der Waals surface area contributed by atoms with E-state index < -0.39 is 10.8 Å². The topological polar surface area (TPSA) is 47.1 Å². The highest BCUT2D eigenvalue weighted by atomic mass is 15.1. The first-order valence-corrected chi connectivity index (χ1v) is 50.7. The molecule has 2 aliphatic carbocycles. The third-order valence-corrected chi connectivity index (χ3v) is 31.1. The zero-order valence-electron chi connectivity index (χ0n) is 82.8. The van der Waals surface area contributed by atoms with Gasteiger partial charge < -0.3 is 23.5 Å². The number of pyridine rings is 2. The third kappa shape index (κ3) is 14.4. The van der Waals surface area contributed by atoms with Crippen LogP contribution in [-0.2, 0) is 27.1 Å². The Bertz CT molecular complexity index is 8470. The van der Waals surface area contributed by atoms with Gasteiger partial charge in [-0.25, -0.2) is 0 Å². The molecule has 0 spiro atoms. The van der Waals surface area contributed by atoms with Crippen LogP contribution >= 0.6 is 0 Å². The molecule has 0 unspecified atom stereocenters. The summed E-state index contributed by atoms with van der Waals surface area (Å²) >= 11 is 0. The molecule has 0 bridgehead atoms. The molecule has 7 heteroatoms. The lowest BCUT2D eigenvalue weighted by Crippen LogP contribution is -2.28. The fourth-order valence-electron chi connectivity index (χ4n) is 23.9. The minimum atomic E-state index is -0.774. The summed E-state index contributed by atoms with van der Waals surface area (Å²) in [5.74, 6) is 0. The first kappa shape index (κ1) is 87.7. The average molecular weight is 1860 g/mol. The first-order valence-electron chi connectivity index (χ1n) is 50.7. The van der Waals surface area contributed by atoms with Crippen molar-refractivity contribution >= 4 is 99.5 Å². The van der Waals surface area contributed by atoms with Crippen LogP contribution in [0.5, 0.6) is 0 Å². The molecule has 0 N–H and O–H groups in total. The number of para-hydroxylation sites is 4. The van der Waals surface area contributed by atoms with Gasteiger partial charge in [0, 0.05) is 131 Å². The summed E-state index contributed by atoms with van der Waals surface area (Å²) in [6.07, 6.45) is 7.93. The van der Waals surface area contributed by atoms with Crippen LogP contribution in [-0.4, -0.2) is 23.7 Å². The second-order valence-corrected chi connectivity index (χ2v) is 42.5. The van der Waals surface area contributed by atoms with Gasteiger partial charge in [0.1, 0.15) is 0 Å². The van der Waals surface area contributed by atoms with Gasteiger partial charge in [-0.05, 0) is 292 Å². The number of hydrogen-bond acceptors (Lipinski definition) is 4. The molecule has 694 valence electrons. The predicted octanol–water partition coefficient (Wildman–Crippen LogP) is 36.0. The fraction of sp³-hybridized carbons (Fsp3) is 0.101. The molecule has 19 aromatic carbocycles. The molecule has 5 aromatic heterocycles. The Morgan fingerprint density at radius 2 is 0.400 bits per heavy atom. The number of nitrogens with zero attached hydrogens (tertiary/aromatic N) is 7. The fourth-order valence-corrected chi connectivity index (χ4v) is 23.9. The number of fused-ring (bicyclic) bond motifs is 15. The summed E-state index contributed by atoms with van der Waals surface area (Å²) in [4.78, 5) is 14.6. The van der Waals surface area contributed by atoms with Gasteiger partial charge in [-0.15, -0.1) is 0 Å². The zero-order valence-corrected chi connectivity index (χ0v) is 82.8. The Hall–Kier alpha value is -17.5. The van der Waals surface area contributed by atoms with Crippen LogP contribution in [0.25, 0.3) is 149 Å². The molecule has 0 saturated heterocycles. The van der Waals surface area contributed by atoms with E-state index in [1.165, 1.54) is 138 Å². The van der Waals surface area contributed by atoms with Crippen LogP contribution in [0.3, 0.4) is 0 Å². The van der Waals surface area contributed by atoms with Gasteiger partial charge in [-0.1, -0.05) is 353 Å². The average Bonchev–Trinajstić information content (AvgIpc) is 1.53. The summed E-state index contributed by atoms with van der Waals surface area (Å²) in [6.45, 7) is 20.6. The highest BCUT2D eigenvalue weighted by Crippen LogP contribution is 2.60. The molecule has 24 aromatic rings. The maximum Gasteiger partial charge on any atom is 0.0713 e. The monoisotopic (exact) mass is 1860 g/mol. The molecule has 26 rings (SSSR count). The molecule has 0 radical (unpaired) electrons. The van der Waals surface area contributed by atoms with Gasteiger partial charge in [0.2, 0.25) is 0 Å². The van der Waals surface area contributed by atoms with Crippen LogP contribution in [0.4, 0.5) is 34.1 Å². The molecular formula is C138H107N7. The summed E-state index contributed by atoms with van der Waals surface area (Å²) in [6, 6.07) is 174. The van der Waals surface area contributed by atoms with E-state index in [0.717, 1.165) is 107 Å². The van der Waals surface area contributed by atoms with Crippen LogP contribution < -0.4 is 9.80 Å². The Kier molecular flexibility index (Phi) is 20.7. The SMILES string of the molecule is CC(C)(C)c1ccc(N(c2ccc(-c3cncc(-c4ccc(-n5c6ccccc6c6ccccc65)cc4)c3)cc2)c2ccc(C3(c4ccc5c(c4)c4cc(C6(c7ccc(N(c8ccc(-c9cncc(-c%10ccc(-n%11c%12ccccc%12c%12ccccc%12%11)cc%10)c9)cc8)c8ccc(C(C)(C)C)cc8)cc7)c7ccccc7-c7ccccc76)ccc4n5-c4ccc(C(C)(C)C)cc4)c4ccccc4-c4ccccc43)cc2)cc1. The Morgan fingerprint density at radius 1 is 0.186 bits per heavy atom. The maximum atomic E-state index is 4.89. The van der Waals surface area contributed by atoms with Gasteiger partial charge in [0.25, 0.3) is 0 Å². The van der Waals surface area contributed by atoms with Crippen molar-refractivity contribution in [1.29, 1.82) is 0 Å². The molecule has 0 fully saturated rings. The normalized spacial score (nSPS) is 13.1. The molecule has 7 nitrogen and oxygen atoms in total. The molecule has 5 heterocycles. The summed E-state index contributed by atoms with van der Waals surface area (Å²) in [5.41, 5.74) is 42.1. The molecule has 0 amide bonds. The molecule has 145 heavy (non-hydrogen) atoms. The summed E-state index contributed by atoms with van der Waals surface area (Å²) < 4.78 is 7.26. The van der Waals surface area contributed by atoms with Crippen LogP contribution in [0.1, 0.15) is 124 Å². The predicted molar refractivity (Wildman–Crippen MR) is 607 cm³/mol. The van der Waals surface area contributed by atoms with Crippen LogP contribution in [0.2, 0.25) is 0 Å². The van der Waals surface area contributed by atoms with E-state index in [4.69, 9.17) is 9.97 Å². The lowest BCUT2D eigenvalue weighted by Gasteiger charge is -2.35. The highest BCUT2D eigenvalue weighted by Gasteiger charge is 2.49. The van der Waals surface area contributed by atoms with Crippen molar-refractivity contribution < 1.29 is 0 Å². The van der Waals surface area contributed by atoms with Gasteiger partial charge >= 0.3 is 0 Å². The van der Waals surface area contributed by atoms with Gasteiger partial charge in [0.15, 0.2) is 0 Å². The van der Waals surface area contributed by atoms with E-state index >= 15 is 0 Å². The number of benzene rings is 19. The standard InChI is InChI=1S/C138H107N7/c1-134(2,3)98-50-70-107(71-51-98)141(105-62-42-90(43-63-105)94-82-96(88-139-86-94)92-46-66-111(67-47-92)143-128-38-22-14-30-118(128)119-31-15-23-39-129(119)143)109-76-56-101(57-77-109)137(124-34-18-10-26-114(124)115-27-11-19-35-125(115)137)103-60-80-132-122(84-103)123-85-104(61-81-133(123)145(132)113-74-54-100(55-75-113)136(7,8)9)138(126-36-20-12-28-116(126)117-29-13-21-37-127(117)138)102-58-78-110(79-59-102)142(108-72-52-99(53-73-108)135(4,5)6)106-64-44-91(45-65-106)95-83-97(89-140-87-95)93-48-68-112(69-49-93)144-130-40-24-16-32-120(130)121-33-17-25-41-131(121)144/h10-89H,1-9H3. The molecule has 0 aliphatic heterocycles. The van der Waals surface area contributed by atoms with Crippen LogP contribution in [0, 0.1) is 0 Å². The number of anilines is 6. The highest BCUT2D eigenvalue weighted by molar-refractivity contribution is 6.13. The number of aromatic nitrogens is 5. The van der Waals surface area contributed by atoms with Gasteiger partial charge in [-0.2, -0.15) is 0 Å². The first-order chi connectivity index (χ1) is 70.8. The van der Waals surface area contributed by atoms with Crippen molar-refractivity contribution in [2.45, 2.75) is 89.4 Å². The molecule has 0 saturated carbocycles. The van der Waals surface area contributed by atoms with Crippen molar-refractivity contribution in [1.82, 2.24) is 23.7 Å². The van der Waals surface area contributed by atoms with Crippen molar-refractivity contribution in [3.05, 3.63) is 547 Å².